The van der Waals surface area contributed by atoms with Crippen molar-refractivity contribution in [2.75, 3.05) is 26.7 Å². The Kier molecular flexibility index (Phi) is 6.06. The van der Waals surface area contributed by atoms with E-state index >= 15 is 0 Å². The Morgan fingerprint density at radius 2 is 1.97 bits per heavy atom. The third kappa shape index (κ3) is 4.62. The van der Waals surface area contributed by atoms with Crippen LogP contribution in [0.15, 0.2) is 48.5 Å². The van der Waals surface area contributed by atoms with Crippen molar-refractivity contribution in [3.63, 3.8) is 0 Å². The Morgan fingerprint density at radius 3 is 2.71 bits per heavy atom. The number of amides is 3. The van der Waals surface area contributed by atoms with Crippen LogP contribution in [0.4, 0.5) is 0 Å². The lowest BCUT2D eigenvalue weighted by molar-refractivity contribution is -0.145. The molecule has 0 saturated carbocycles. The zero-order chi connectivity index (χ0) is 22.0. The van der Waals surface area contributed by atoms with Crippen molar-refractivity contribution in [1.82, 2.24) is 15.1 Å². The number of carbonyl (C=O) groups is 3. The molecule has 4 rings (SSSR count). The highest BCUT2D eigenvalue weighted by Crippen LogP contribution is 2.13. The minimum absolute atomic E-state index is 0.00112. The molecule has 9 heteroatoms. The monoisotopic (exact) mass is 421 g/mol. The topological polar surface area (TPSA) is 99.2 Å². The van der Waals surface area contributed by atoms with Crippen LogP contribution >= 0.6 is 0 Å². The molecule has 1 atom stereocenters. The summed E-state index contributed by atoms with van der Waals surface area (Å²) < 4.78 is 5.18. The molecule has 0 bridgehead atoms. The number of nitrogens with zero attached hydrogens (tertiary/aromatic N) is 2. The summed E-state index contributed by atoms with van der Waals surface area (Å²) in [6.07, 6.45) is 0.308. The molecule has 2 heterocycles. The number of nitrogens with one attached hydrogen (secondary N) is 1. The molecule has 2 aliphatic heterocycles. The summed E-state index contributed by atoms with van der Waals surface area (Å²) in [6.45, 7) is 1.17. The van der Waals surface area contributed by atoms with E-state index < -0.39 is 19.1 Å². The van der Waals surface area contributed by atoms with E-state index in [0.29, 0.717) is 37.1 Å². The maximum Gasteiger partial charge on any atom is 0.491 e. The van der Waals surface area contributed by atoms with Gasteiger partial charge in [0.25, 0.3) is 5.91 Å². The molecule has 160 valence electrons. The first kappa shape index (κ1) is 21.1. The molecule has 3 amide bonds. The van der Waals surface area contributed by atoms with Crippen LogP contribution in [-0.2, 0) is 27.3 Å². The summed E-state index contributed by atoms with van der Waals surface area (Å²) >= 11 is 0. The lowest BCUT2D eigenvalue weighted by Gasteiger charge is -2.34. The maximum absolute atomic E-state index is 13.2. The third-order valence-electron chi connectivity index (χ3n) is 5.73. The summed E-state index contributed by atoms with van der Waals surface area (Å²) in [5.74, 6) is -0.836. The fourth-order valence-electron chi connectivity index (χ4n) is 3.81. The van der Waals surface area contributed by atoms with Crippen molar-refractivity contribution in [2.24, 2.45) is 0 Å². The van der Waals surface area contributed by atoms with E-state index in [1.807, 2.05) is 30.3 Å². The van der Waals surface area contributed by atoms with Crippen LogP contribution < -0.4 is 10.8 Å². The van der Waals surface area contributed by atoms with Gasteiger partial charge in [-0.25, -0.2) is 0 Å². The molecule has 2 aliphatic rings. The first-order valence-corrected chi connectivity index (χ1v) is 10.2. The standard InChI is InChI=1S/C22H24BN3O5/c1-25-9-10-26(13-20(25)27)22(29)19(11-15-5-3-2-4-6-15)24-21(28)16-7-8-17-14-31-23(30)18(17)12-16/h2-8,12,19,30H,9-11,13-14H2,1H3,(H,24,28)/t19-/m1/s1. The van der Waals surface area contributed by atoms with Gasteiger partial charge >= 0.3 is 7.12 Å². The number of carbonyl (C=O) groups excluding carboxylic acids is 3. The SMILES string of the molecule is CN1CCN(C(=O)[C@@H](Cc2ccccc2)NC(=O)c2ccc3c(c2)B(O)OC3)CC1=O. The number of likely N-dealkylation sites (N-methyl/N-ethyl adjacent to an activating group) is 1. The first-order valence-electron chi connectivity index (χ1n) is 10.2. The Bertz CT molecular complexity index is 1000. The van der Waals surface area contributed by atoms with Gasteiger partial charge in [0.15, 0.2) is 0 Å². The second-order valence-electron chi connectivity index (χ2n) is 7.87. The lowest BCUT2D eigenvalue weighted by Crippen LogP contribution is -2.56. The van der Waals surface area contributed by atoms with Crippen LogP contribution in [-0.4, -0.2) is 72.4 Å². The average Bonchev–Trinajstić information content (AvgIpc) is 3.15. The molecule has 0 aromatic heterocycles. The van der Waals surface area contributed by atoms with Crippen molar-refractivity contribution in [3.05, 3.63) is 65.2 Å². The Balaban J connectivity index is 1.54. The highest BCUT2D eigenvalue weighted by Gasteiger charge is 2.32. The first-order chi connectivity index (χ1) is 14.9. The number of piperazine rings is 1. The normalized spacial score (nSPS) is 16.8. The molecule has 2 aromatic rings. The van der Waals surface area contributed by atoms with E-state index in [4.69, 9.17) is 4.65 Å². The van der Waals surface area contributed by atoms with Gasteiger partial charge in [0.2, 0.25) is 11.8 Å². The molecule has 0 aliphatic carbocycles. The van der Waals surface area contributed by atoms with Crippen LogP contribution in [0.3, 0.4) is 0 Å². The Morgan fingerprint density at radius 1 is 1.19 bits per heavy atom. The molecule has 0 radical (unpaired) electrons. The molecule has 1 saturated heterocycles. The fraction of sp³-hybridized carbons (Fsp3) is 0.318. The number of fused-ring (bicyclic) bond motifs is 1. The number of hydrogen-bond donors (Lipinski definition) is 2. The lowest BCUT2D eigenvalue weighted by atomic mass is 9.78. The predicted molar refractivity (Wildman–Crippen MR) is 114 cm³/mol. The second kappa shape index (κ2) is 8.91. The van der Waals surface area contributed by atoms with Gasteiger partial charge in [0.1, 0.15) is 6.04 Å². The van der Waals surface area contributed by atoms with Gasteiger partial charge in [-0.15, -0.1) is 0 Å². The van der Waals surface area contributed by atoms with Crippen LogP contribution in [0, 0.1) is 0 Å². The van der Waals surface area contributed by atoms with Crippen molar-refractivity contribution in [1.29, 1.82) is 0 Å². The highest BCUT2D eigenvalue weighted by molar-refractivity contribution is 6.61. The Labute approximate surface area is 180 Å². The van der Waals surface area contributed by atoms with Crippen molar-refractivity contribution in [2.45, 2.75) is 19.1 Å². The molecule has 31 heavy (non-hydrogen) atoms. The molecule has 2 N–H and O–H groups in total. The van der Waals surface area contributed by atoms with Gasteiger partial charge < -0.3 is 24.8 Å². The van der Waals surface area contributed by atoms with E-state index in [1.54, 1.807) is 30.1 Å². The summed E-state index contributed by atoms with van der Waals surface area (Å²) in [7, 11) is 0.653. The van der Waals surface area contributed by atoms with E-state index in [9.17, 15) is 19.4 Å². The quantitative estimate of drug-likeness (QED) is 0.638. The molecule has 0 spiro atoms. The summed E-state index contributed by atoms with van der Waals surface area (Å²) in [5.41, 5.74) is 2.63. The number of rotatable bonds is 5. The van der Waals surface area contributed by atoms with Crippen molar-refractivity contribution < 1.29 is 24.1 Å². The molecule has 8 nitrogen and oxygen atoms in total. The van der Waals surface area contributed by atoms with Crippen LogP contribution in [0.2, 0.25) is 0 Å². The number of benzene rings is 2. The zero-order valence-electron chi connectivity index (χ0n) is 17.3. The minimum atomic E-state index is -1.05. The summed E-state index contributed by atoms with van der Waals surface area (Å²) in [4.78, 5) is 41.4. The van der Waals surface area contributed by atoms with Crippen LogP contribution in [0.1, 0.15) is 21.5 Å². The van der Waals surface area contributed by atoms with Crippen LogP contribution in [0.5, 0.6) is 0 Å². The number of hydrogen-bond acceptors (Lipinski definition) is 5. The van der Waals surface area contributed by atoms with E-state index in [2.05, 4.69) is 5.32 Å². The minimum Gasteiger partial charge on any atom is -0.423 e. The molecule has 1 fully saturated rings. The molecular weight excluding hydrogens is 397 g/mol. The molecule has 0 unspecified atom stereocenters. The van der Waals surface area contributed by atoms with Crippen molar-refractivity contribution >= 4 is 30.3 Å². The van der Waals surface area contributed by atoms with Crippen LogP contribution in [0.25, 0.3) is 0 Å². The van der Waals surface area contributed by atoms with Gasteiger partial charge in [-0.3, -0.25) is 14.4 Å². The molecular formula is C22H24BN3O5. The predicted octanol–water partition coefficient (Wildman–Crippen LogP) is -0.454. The van der Waals surface area contributed by atoms with Gasteiger partial charge in [-0.2, -0.15) is 0 Å². The zero-order valence-corrected chi connectivity index (χ0v) is 17.3. The third-order valence-corrected chi connectivity index (χ3v) is 5.73. The maximum atomic E-state index is 13.2. The Hall–Kier alpha value is -3.17. The van der Waals surface area contributed by atoms with Gasteiger partial charge in [0, 0.05) is 32.1 Å². The van der Waals surface area contributed by atoms with Gasteiger partial charge in [-0.1, -0.05) is 36.4 Å². The van der Waals surface area contributed by atoms with E-state index in [0.717, 1.165) is 11.1 Å². The fourth-order valence-corrected chi connectivity index (χ4v) is 3.81. The highest BCUT2D eigenvalue weighted by atomic mass is 16.5. The second-order valence-corrected chi connectivity index (χ2v) is 7.87. The van der Waals surface area contributed by atoms with E-state index in [1.165, 1.54) is 4.90 Å². The average molecular weight is 421 g/mol. The van der Waals surface area contributed by atoms with Gasteiger partial charge in [0.05, 0.1) is 13.2 Å². The van der Waals surface area contributed by atoms with E-state index in [-0.39, 0.29) is 18.4 Å². The van der Waals surface area contributed by atoms with Gasteiger partial charge in [-0.05, 0) is 28.7 Å². The summed E-state index contributed by atoms with van der Waals surface area (Å²) in [6, 6.07) is 13.6. The summed E-state index contributed by atoms with van der Waals surface area (Å²) in [5, 5.41) is 12.8. The van der Waals surface area contributed by atoms with Crippen molar-refractivity contribution in [3.8, 4) is 0 Å². The largest absolute Gasteiger partial charge is 0.491 e. The smallest absolute Gasteiger partial charge is 0.423 e. The molecule has 2 aromatic carbocycles.